The maximum Gasteiger partial charge on any atom is 0.252 e. The highest BCUT2D eigenvalue weighted by Gasteiger charge is 2.28. The predicted octanol–water partition coefficient (Wildman–Crippen LogP) is 4.74. The van der Waals surface area contributed by atoms with Crippen LogP contribution >= 0.6 is 11.3 Å². The lowest BCUT2D eigenvalue weighted by molar-refractivity contribution is 0.0949. The molecule has 4 rings (SSSR count). The van der Waals surface area contributed by atoms with Crippen LogP contribution < -0.4 is 5.32 Å². The van der Waals surface area contributed by atoms with Crippen LogP contribution in [0.3, 0.4) is 0 Å². The van der Waals surface area contributed by atoms with Crippen molar-refractivity contribution < 1.29 is 4.79 Å². The molecule has 1 N–H and O–H groups in total. The molecule has 0 radical (unpaired) electrons. The molecule has 0 bridgehead atoms. The van der Waals surface area contributed by atoms with Crippen molar-refractivity contribution in [3.8, 4) is 0 Å². The van der Waals surface area contributed by atoms with E-state index >= 15 is 0 Å². The SMILES string of the molecule is O=NC1CCCc2c(C(=O)NCC3CCCc4ccccc43)csc21. The third-order valence-electron chi connectivity index (χ3n) is 5.51. The quantitative estimate of drug-likeness (QED) is 0.806. The minimum atomic E-state index is -0.263. The van der Waals surface area contributed by atoms with Gasteiger partial charge in [0.05, 0.1) is 5.56 Å². The summed E-state index contributed by atoms with van der Waals surface area (Å²) in [6.45, 7) is 0.676. The number of carbonyl (C=O) groups excluding carboxylic acids is 1. The molecule has 130 valence electrons. The van der Waals surface area contributed by atoms with E-state index in [9.17, 15) is 9.70 Å². The zero-order chi connectivity index (χ0) is 17.2. The van der Waals surface area contributed by atoms with Crippen LogP contribution in [0.5, 0.6) is 0 Å². The van der Waals surface area contributed by atoms with Gasteiger partial charge in [0.1, 0.15) is 6.04 Å². The largest absolute Gasteiger partial charge is 0.351 e. The molecule has 0 aliphatic heterocycles. The van der Waals surface area contributed by atoms with E-state index in [1.165, 1.54) is 28.9 Å². The molecule has 1 heterocycles. The fraction of sp³-hybridized carbons (Fsp3) is 0.450. The number of benzene rings is 1. The van der Waals surface area contributed by atoms with Gasteiger partial charge in [-0.1, -0.05) is 29.4 Å². The molecular weight excluding hydrogens is 332 g/mol. The summed E-state index contributed by atoms with van der Waals surface area (Å²) in [5.41, 5.74) is 4.59. The number of aryl methyl sites for hydroxylation is 1. The van der Waals surface area contributed by atoms with Gasteiger partial charge >= 0.3 is 0 Å². The van der Waals surface area contributed by atoms with Gasteiger partial charge in [0.25, 0.3) is 5.91 Å². The van der Waals surface area contributed by atoms with Crippen LogP contribution in [0.4, 0.5) is 0 Å². The molecule has 2 atom stereocenters. The third-order valence-corrected chi connectivity index (χ3v) is 6.63. The average molecular weight is 354 g/mol. The topological polar surface area (TPSA) is 58.5 Å². The number of nitrogens with one attached hydrogen (secondary N) is 1. The van der Waals surface area contributed by atoms with Crippen molar-refractivity contribution in [1.29, 1.82) is 0 Å². The number of rotatable bonds is 4. The highest BCUT2D eigenvalue weighted by molar-refractivity contribution is 7.10. The lowest BCUT2D eigenvalue weighted by atomic mass is 9.83. The first kappa shape index (κ1) is 16.5. The second kappa shape index (κ2) is 7.08. The molecular formula is C20H22N2O2S. The maximum absolute atomic E-state index is 12.7. The van der Waals surface area contributed by atoms with Crippen molar-refractivity contribution in [3.05, 3.63) is 61.7 Å². The summed E-state index contributed by atoms with van der Waals surface area (Å²) >= 11 is 1.51. The number of amides is 1. The van der Waals surface area contributed by atoms with E-state index in [1.54, 1.807) is 0 Å². The Morgan fingerprint density at radius 1 is 1.20 bits per heavy atom. The number of carbonyl (C=O) groups is 1. The van der Waals surface area contributed by atoms with Crippen LogP contribution in [-0.2, 0) is 12.8 Å². The molecule has 2 unspecified atom stereocenters. The maximum atomic E-state index is 12.7. The minimum Gasteiger partial charge on any atom is -0.351 e. The monoisotopic (exact) mass is 354 g/mol. The van der Waals surface area contributed by atoms with Crippen LogP contribution in [0, 0.1) is 4.91 Å². The Morgan fingerprint density at radius 3 is 2.92 bits per heavy atom. The Bertz CT molecular complexity index is 799. The number of hydrogen-bond acceptors (Lipinski definition) is 4. The summed E-state index contributed by atoms with van der Waals surface area (Å²) in [6.07, 6.45) is 6.04. The van der Waals surface area contributed by atoms with Crippen LogP contribution in [0.2, 0.25) is 0 Å². The molecule has 0 fully saturated rings. The second-order valence-electron chi connectivity index (χ2n) is 7.00. The van der Waals surface area contributed by atoms with Gasteiger partial charge in [-0.15, -0.1) is 11.3 Å². The Kier molecular flexibility index (Phi) is 4.66. The molecule has 1 aromatic carbocycles. The Morgan fingerprint density at radius 2 is 2.04 bits per heavy atom. The minimum absolute atomic E-state index is 0.00731. The van der Waals surface area contributed by atoms with E-state index in [4.69, 9.17) is 0 Å². The summed E-state index contributed by atoms with van der Waals surface area (Å²) in [4.78, 5) is 24.7. The molecule has 0 saturated heterocycles. The van der Waals surface area contributed by atoms with E-state index in [2.05, 4.69) is 34.8 Å². The van der Waals surface area contributed by atoms with E-state index in [1.807, 2.05) is 5.38 Å². The first-order chi connectivity index (χ1) is 12.3. The van der Waals surface area contributed by atoms with Crippen molar-refractivity contribution in [2.75, 3.05) is 6.54 Å². The first-order valence-electron chi connectivity index (χ1n) is 9.06. The van der Waals surface area contributed by atoms with Gasteiger partial charge in [-0.2, -0.15) is 4.91 Å². The van der Waals surface area contributed by atoms with Gasteiger partial charge in [0.2, 0.25) is 0 Å². The van der Waals surface area contributed by atoms with Gasteiger partial charge in [0.15, 0.2) is 0 Å². The normalized spacial score (nSPS) is 21.9. The fourth-order valence-corrected chi connectivity index (χ4v) is 5.37. The molecule has 5 heteroatoms. The molecule has 4 nitrogen and oxygen atoms in total. The van der Waals surface area contributed by atoms with Crippen molar-refractivity contribution in [2.45, 2.75) is 50.5 Å². The predicted molar refractivity (Wildman–Crippen MR) is 100 cm³/mol. The summed E-state index contributed by atoms with van der Waals surface area (Å²) < 4.78 is 0. The number of fused-ring (bicyclic) bond motifs is 2. The zero-order valence-corrected chi connectivity index (χ0v) is 15.0. The fourth-order valence-electron chi connectivity index (χ4n) is 4.21. The van der Waals surface area contributed by atoms with Gasteiger partial charge in [-0.25, -0.2) is 0 Å². The van der Waals surface area contributed by atoms with E-state index < -0.39 is 0 Å². The van der Waals surface area contributed by atoms with Crippen LogP contribution in [0.25, 0.3) is 0 Å². The van der Waals surface area contributed by atoms with Crippen LogP contribution in [-0.4, -0.2) is 12.5 Å². The van der Waals surface area contributed by atoms with Crippen molar-refractivity contribution >= 4 is 17.2 Å². The van der Waals surface area contributed by atoms with Gasteiger partial charge < -0.3 is 5.32 Å². The highest BCUT2D eigenvalue weighted by atomic mass is 32.1. The lowest BCUT2D eigenvalue weighted by Crippen LogP contribution is -2.30. The standard InChI is InChI=1S/C20H22N2O2S/c23-20(17-12-25-19-16(17)9-4-10-18(19)22-24)21-11-14-7-3-6-13-5-1-2-8-15(13)14/h1-2,5,8,12,14,18H,3-4,6-7,9-11H2,(H,21,23). The molecule has 0 saturated carbocycles. The van der Waals surface area contributed by atoms with Gasteiger partial charge in [0, 0.05) is 22.7 Å². The molecule has 0 spiro atoms. The number of nitrogens with zero attached hydrogens (tertiary/aromatic N) is 1. The lowest BCUT2D eigenvalue weighted by Gasteiger charge is -2.25. The van der Waals surface area contributed by atoms with Crippen molar-refractivity contribution in [3.63, 3.8) is 0 Å². The number of hydrogen-bond donors (Lipinski definition) is 1. The average Bonchev–Trinajstić information content (AvgIpc) is 3.10. The number of nitroso groups, excluding NO2 is 1. The summed E-state index contributed by atoms with van der Waals surface area (Å²) in [5, 5.41) is 8.27. The van der Waals surface area contributed by atoms with Gasteiger partial charge in [-0.05, 0) is 55.2 Å². The number of thiophene rings is 1. The summed E-state index contributed by atoms with van der Waals surface area (Å²) in [7, 11) is 0. The zero-order valence-electron chi connectivity index (χ0n) is 14.2. The van der Waals surface area contributed by atoms with E-state index in [0.717, 1.165) is 48.1 Å². The smallest absolute Gasteiger partial charge is 0.252 e. The molecule has 25 heavy (non-hydrogen) atoms. The Labute approximate surface area is 151 Å². The van der Waals surface area contributed by atoms with E-state index in [-0.39, 0.29) is 11.9 Å². The molecule has 1 aromatic heterocycles. The summed E-state index contributed by atoms with van der Waals surface area (Å²) in [6, 6.07) is 8.31. The van der Waals surface area contributed by atoms with Gasteiger partial charge in [-0.3, -0.25) is 4.79 Å². The van der Waals surface area contributed by atoms with Crippen molar-refractivity contribution in [1.82, 2.24) is 5.32 Å². The second-order valence-corrected chi connectivity index (χ2v) is 7.91. The Hall–Kier alpha value is -2.01. The first-order valence-corrected chi connectivity index (χ1v) is 9.94. The summed E-state index contributed by atoms with van der Waals surface area (Å²) in [5.74, 6) is 0.389. The molecule has 2 aromatic rings. The van der Waals surface area contributed by atoms with Crippen molar-refractivity contribution in [2.24, 2.45) is 5.18 Å². The highest BCUT2D eigenvalue weighted by Crippen LogP contribution is 2.39. The molecule has 2 aliphatic rings. The van der Waals surface area contributed by atoms with Crippen LogP contribution in [0.15, 0.2) is 34.8 Å². The van der Waals surface area contributed by atoms with E-state index in [0.29, 0.717) is 12.5 Å². The molecule has 1 amide bonds. The Balaban J connectivity index is 1.47. The molecule has 2 aliphatic carbocycles. The van der Waals surface area contributed by atoms with Crippen LogP contribution in [0.1, 0.15) is 69.6 Å². The third kappa shape index (κ3) is 3.13.